The van der Waals surface area contributed by atoms with Crippen LogP contribution in [0.3, 0.4) is 0 Å². The summed E-state index contributed by atoms with van der Waals surface area (Å²) in [6.07, 6.45) is 7.30. The predicted octanol–water partition coefficient (Wildman–Crippen LogP) is 2.18. The van der Waals surface area contributed by atoms with Crippen LogP contribution in [0, 0.1) is 0 Å². The number of hydrogen-bond acceptors (Lipinski definition) is 4. The molecular weight excluding hydrogens is 463 g/mol. The summed E-state index contributed by atoms with van der Waals surface area (Å²) in [5, 5.41) is 3.42. The molecule has 0 aromatic heterocycles. The maximum atomic E-state index is 12.3. The number of morpholine rings is 1. The second-order valence-corrected chi connectivity index (χ2v) is 8.79. The van der Waals surface area contributed by atoms with E-state index < -0.39 is 0 Å². The molecular formula is C18H33IN4O2S. The van der Waals surface area contributed by atoms with E-state index >= 15 is 0 Å². The third kappa shape index (κ3) is 5.89. The van der Waals surface area contributed by atoms with Crippen LogP contribution in [-0.4, -0.2) is 85.2 Å². The number of hydrogen-bond donors (Lipinski definition) is 1. The lowest BCUT2D eigenvalue weighted by atomic mass is 9.87. The molecule has 1 spiro atoms. The highest BCUT2D eigenvalue weighted by atomic mass is 127. The molecule has 26 heavy (non-hydrogen) atoms. The third-order valence-electron chi connectivity index (χ3n) is 5.51. The summed E-state index contributed by atoms with van der Waals surface area (Å²) in [6, 6.07) is 0. The van der Waals surface area contributed by atoms with E-state index in [4.69, 9.17) is 4.74 Å². The monoisotopic (exact) mass is 496 g/mol. The Labute approximate surface area is 178 Å². The SMILES string of the molecule is CN=C(NCCC(=O)N1CCOCC1)N1CCSC2(CCCCC2)C1.I. The zero-order valence-corrected chi connectivity index (χ0v) is 19.0. The average molecular weight is 496 g/mol. The number of amides is 1. The minimum absolute atomic E-state index is 0. The van der Waals surface area contributed by atoms with Gasteiger partial charge >= 0.3 is 0 Å². The van der Waals surface area contributed by atoms with Gasteiger partial charge in [0.1, 0.15) is 0 Å². The van der Waals surface area contributed by atoms with E-state index in [1.54, 1.807) is 0 Å². The van der Waals surface area contributed by atoms with Crippen molar-refractivity contribution >= 4 is 47.6 Å². The fourth-order valence-electron chi connectivity index (χ4n) is 4.11. The molecule has 0 bridgehead atoms. The smallest absolute Gasteiger partial charge is 0.224 e. The lowest BCUT2D eigenvalue weighted by Gasteiger charge is -2.45. The molecule has 3 fully saturated rings. The summed E-state index contributed by atoms with van der Waals surface area (Å²) in [7, 11) is 1.85. The van der Waals surface area contributed by atoms with Crippen LogP contribution in [-0.2, 0) is 9.53 Å². The van der Waals surface area contributed by atoms with Crippen molar-refractivity contribution in [1.29, 1.82) is 0 Å². The molecule has 6 nitrogen and oxygen atoms in total. The van der Waals surface area contributed by atoms with Gasteiger partial charge in [-0.2, -0.15) is 11.8 Å². The zero-order valence-electron chi connectivity index (χ0n) is 15.9. The minimum Gasteiger partial charge on any atom is -0.378 e. The highest BCUT2D eigenvalue weighted by molar-refractivity contribution is 14.0. The largest absolute Gasteiger partial charge is 0.378 e. The Morgan fingerprint density at radius 2 is 1.88 bits per heavy atom. The summed E-state index contributed by atoms with van der Waals surface area (Å²) in [6.45, 7) is 5.55. The van der Waals surface area contributed by atoms with Gasteiger partial charge in [0.05, 0.1) is 13.2 Å². The molecule has 0 radical (unpaired) electrons. The van der Waals surface area contributed by atoms with Crippen molar-refractivity contribution in [2.24, 2.45) is 4.99 Å². The first-order valence-electron chi connectivity index (χ1n) is 9.67. The Balaban J connectivity index is 0.00000243. The summed E-state index contributed by atoms with van der Waals surface area (Å²) in [5.41, 5.74) is 0. The minimum atomic E-state index is 0. The highest BCUT2D eigenvalue weighted by Crippen LogP contribution is 2.42. The molecule has 2 heterocycles. The van der Waals surface area contributed by atoms with E-state index in [1.165, 1.54) is 37.9 Å². The Bertz CT molecular complexity index is 474. The molecule has 150 valence electrons. The lowest BCUT2D eigenvalue weighted by molar-refractivity contribution is -0.135. The number of nitrogens with one attached hydrogen (secondary N) is 1. The number of carbonyl (C=O) groups excluding carboxylic acids is 1. The Kier molecular flexibility index (Phi) is 9.29. The van der Waals surface area contributed by atoms with Crippen molar-refractivity contribution in [1.82, 2.24) is 15.1 Å². The molecule has 1 saturated carbocycles. The normalized spacial score (nSPS) is 23.5. The molecule has 3 aliphatic rings. The van der Waals surface area contributed by atoms with Gasteiger partial charge in [-0.05, 0) is 12.8 Å². The molecule has 1 aliphatic carbocycles. The quantitative estimate of drug-likeness (QED) is 0.369. The summed E-state index contributed by atoms with van der Waals surface area (Å²) in [5.74, 6) is 2.34. The molecule has 8 heteroatoms. The maximum Gasteiger partial charge on any atom is 0.224 e. The molecule has 2 aliphatic heterocycles. The average Bonchev–Trinajstić information content (AvgIpc) is 2.66. The fraction of sp³-hybridized carbons (Fsp3) is 0.889. The van der Waals surface area contributed by atoms with Crippen LogP contribution >= 0.6 is 35.7 Å². The van der Waals surface area contributed by atoms with Crippen LogP contribution in [0.1, 0.15) is 38.5 Å². The third-order valence-corrected chi connectivity index (χ3v) is 7.05. The van der Waals surface area contributed by atoms with Gasteiger partial charge in [-0.3, -0.25) is 9.79 Å². The van der Waals surface area contributed by atoms with Gasteiger partial charge in [0.25, 0.3) is 0 Å². The Morgan fingerprint density at radius 3 is 2.58 bits per heavy atom. The molecule has 0 unspecified atom stereocenters. The van der Waals surface area contributed by atoms with Crippen LogP contribution < -0.4 is 5.32 Å². The van der Waals surface area contributed by atoms with E-state index in [0.29, 0.717) is 30.9 Å². The van der Waals surface area contributed by atoms with Crippen molar-refractivity contribution in [3.63, 3.8) is 0 Å². The van der Waals surface area contributed by atoms with Crippen LogP contribution in [0.5, 0.6) is 0 Å². The number of guanidine groups is 1. The maximum absolute atomic E-state index is 12.3. The van der Waals surface area contributed by atoms with Crippen molar-refractivity contribution in [3.05, 3.63) is 0 Å². The van der Waals surface area contributed by atoms with E-state index in [-0.39, 0.29) is 29.9 Å². The van der Waals surface area contributed by atoms with Crippen LogP contribution in [0.4, 0.5) is 0 Å². The van der Waals surface area contributed by atoms with E-state index in [9.17, 15) is 4.79 Å². The van der Waals surface area contributed by atoms with Crippen molar-refractivity contribution in [2.45, 2.75) is 43.3 Å². The summed E-state index contributed by atoms with van der Waals surface area (Å²) < 4.78 is 5.74. The molecule has 2 saturated heterocycles. The Morgan fingerprint density at radius 1 is 1.15 bits per heavy atom. The summed E-state index contributed by atoms with van der Waals surface area (Å²) in [4.78, 5) is 21.0. The van der Waals surface area contributed by atoms with E-state index in [1.807, 2.05) is 11.9 Å². The number of carbonyl (C=O) groups is 1. The number of halogens is 1. The molecule has 1 N–H and O–H groups in total. The van der Waals surface area contributed by atoms with Crippen LogP contribution in [0.2, 0.25) is 0 Å². The first-order chi connectivity index (χ1) is 12.2. The van der Waals surface area contributed by atoms with Gasteiger partial charge in [0.2, 0.25) is 5.91 Å². The predicted molar refractivity (Wildman–Crippen MR) is 119 cm³/mol. The highest BCUT2D eigenvalue weighted by Gasteiger charge is 2.38. The standard InChI is InChI=1S/C18H32N4O2S.HI/c1-19-17(20-8-5-16(23)21-9-12-24-13-10-21)22-11-14-25-18(15-22)6-3-2-4-7-18;/h2-15H2,1H3,(H,19,20);1H. The number of rotatable bonds is 3. The molecule has 0 atom stereocenters. The first-order valence-corrected chi connectivity index (χ1v) is 10.7. The molecule has 0 aromatic carbocycles. The topological polar surface area (TPSA) is 57.2 Å². The van der Waals surface area contributed by atoms with Crippen molar-refractivity contribution < 1.29 is 9.53 Å². The zero-order chi connectivity index (χ0) is 17.5. The number of nitrogens with zero attached hydrogens (tertiary/aromatic N) is 3. The second-order valence-electron chi connectivity index (χ2n) is 7.23. The van der Waals surface area contributed by atoms with Crippen LogP contribution in [0.15, 0.2) is 4.99 Å². The molecule has 3 rings (SSSR count). The number of aliphatic imine (C=N–C) groups is 1. The van der Waals surface area contributed by atoms with Crippen molar-refractivity contribution in [3.8, 4) is 0 Å². The van der Waals surface area contributed by atoms with Gasteiger partial charge in [-0.1, -0.05) is 19.3 Å². The second kappa shape index (κ2) is 10.9. The fourth-order valence-corrected chi connectivity index (χ4v) is 5.68. The van der Waals surface area contributed by atoms with E-state index in [2.05, 4.69) is 27.0 Å². The van der Waals surface area contributed by atoms with Gasteiger partial charge in [-0.25, -0.2) is 0 Å². The summed E-state index contributed by atoms with van der Waals surface area (Å²) >= 11 is 2.17. The Hall–Kier alpha value is -0.220. The molecule has 0 aromatic rings. The molecule has 1 amide bonds. The van der Waals surface area contributed by atoms with Gasteiger partial charge in [0.15, 0.2) is 5.96 Å². The first kappa shape index (κ1) is 22.1. The van der Waals surface area contributed by atoms with Crippen molar-refractivity contribution in [2.75, 3.05) is 58.7 Å². The number of thioether (sulfide) groups is 1. The lowest BCUT2D eigenvalue weighted by Crippen LogP contribution is -2.53. The van der Waals surface area contributed by atoms with Crippen LogP contribution in [0.25, 0.3) is 0 Å². The number of ether oxygens (including phenoxy) is 1. The van der Waals surface area contributed by atoms with Gasteiger partial charge < -0.3 is 19.9 Å². The van der Waals surface area contributed by atoms with Gasteiger partial charge in [0, 0.05) is 56.7 Å². The van der Waals surface area contributed by atoms with Gasteiger partial charge in [-0.15, -0.1) is 24.0 Å². The van der Waals surface area contributed by atoms with E-state index in [0.717, 1.165) is 32.1 Å².